The van der Waals surface area contributed by atoms with Crippen molar-refractivity contribution in [1.82, 2.24) is 10.2 Å². The van der Waals surface area contributed by atoms with E-state index < -0.39 is 0 Å². The van der Waals surface area contributed by atoms with Gasteiger partial charge in [-0.25, -0.2) is 4.79 Å². The van der Waals surface area contributed by atoms with Gasteiger partial charge in [0.25, 0.3) is 0 Å². The van der Waals surface area contributed by atoms with Crippen molar-refractivity contribution in [3.8, 4) is 11.8 Å². The zero-order chi connectivity index (χ0) is 24.5. The number of ether oxygens (including phenoxy) is 1. The Morgan fingerprint density at radius 2 is 1.71 bits per heavy atom. The number of rotatable bonds is 7. The molecule has 184 valence electrons. The minimum Gasteiger partial charge on any atom is -0.489 e. The maximum Gasteiger partial charge on any atom is 0.319 e. The van der Waals surface area contributed by atoms with Crippen LogP contribution in [0, 0.1) is 17.2 Å². The van der Waals surface area contributed by atoms with E-state index in [0.29, 0.717) is 37.7 Å². The van der Waals surface area contributed by atoms with E-state index in [9.17, 15) is 9.59 Å². The molecule has 2 N–H and O–H groups in total. The number of nitrogens with one attached hydrogen (secondary N) is 2. The second kappa shape index (κ2) is 12.3. The summed E-state index contributed by atoms with van der Waals surface area (Å²) in [5.74, 6) is 1.25. The lowest BCUT2D eigenvalue weighted by Gasteiger charge is -2.35. The van der Waals surface area contributed by atoms with Crippen molar-refractivity contribution in [2.24, 2.45) is 5.92 Å². The van der Waals surface area contributed by atoms with Gasteiger partial charge in [-0.3, -0.25) is 4.79 Å². The van der Waals surface area contributed by atoms with Crippen LogP contribution in [-0.2, 0) is 17.8 Å². The monoisotopic (exact) mass is 474 g/mol. The van der Waals surface area contributed by atoms with Crippen LogP contribution in [0.1, 0.15) is 56.1 Å². The van der Waals surface area contributed by atoms with E-state index >= 15 is 0 Å². The Morgan fingerprint density at radius 3 is 2.43 bits per heavy atom. The third-order valence-corrected chi connectivity index (χ3v) is 6.89. The summed E-state index contributed by atoms with van der Waals surface area (Å²) < 4.78 is 5.84. The van der Waals surface area contributed by atoms with E-state index in [2.05, 4.69) is 16.7 Å². The number of hydrogen-bond acceptors (Lipinski definition) is 4. The Bertz CT molecular complexity index is 1030. The molecule has 1 heterocycles. The molecule has 0 atom stereocenters. The molecule has 1 saturated carbocycles. The zero-order valence-electron chi connectivity index (χ0n) is 20.2. The molecule has 1 aliphatic carbocycles. The number of urea groups is 1. The number of likely N-dealkylation sites (tertiary alicyclic amines) is 1. The molecule has 7 nitrogen and oxygen atoms in total. The van der Waals surface area contributed by atoms with Crippen LogP contribution in [0.15, 0.2) is 48.5 Å². The van der Waals surface area contributed by atoms with E-state index in [4.69, 9.17) is 10.00 Å². The quantitative estimate of drug-likeness (QED) is 0.589. The third kappa shape index (κ3) is 7.22. The molecular weight excluding hydrogens is 440 g/mol. The number of nitrogens with zero attached hydrogens (tertiary/aromatic N) is 2. The second-order valence-electron chi connectivity index (χ2n) is 9.50. The summed E-state index contributed by atoms with van der Waals surface area (Å²) in [5.41, 5.74) is 2.61. The lowest BCUT2D eigenvalue weighted by Crippen LogP contribution is -2.49. The van der Waals surface area contributed by atoms with Crippen molar-refractivity contribution >= 4 is 17.6 Å². The van der Waals surface area contributed by atoms with Crippen LogP contribution in [0.4, 0.5) is 10.5 Å². The normalized spacial score (nSPS) is 16.8. The molecule has 0 radical (unpaired) electrons. The zero-order valence-corrected chi connectivity index (χ0v) is 20.2. The minimum atomic E-state index is -0.229. The molecule has 4 rings (SSSR count). The molecule has 35 heavy (non-hydrogen) atoms. The Hall–Kier alpha value is -3.53. The third-order valence-electron chi connectivity index (χ3n) is 6.89. The highest BCUT2D eigenvalue weighted by atomic mass is 16.5. The van der Waals surface area contributed by atoms with Crippen LogP contribution in [-0.4, -0.2) is 36.0 Å². The number of piperidine rings is 1. The first kappa shape index (κ1) is 24.6. The molecule has 2 aliphatic rings. The Kier molecular flexibility index (Phi) is 8.61. The van der Waals surface area contributed by atoms with Crippen molar-refractivity contribution in [3.63, 3.8) is 0 Å². The summed E-state index contributed by atoms with van der Waals surface area (Å²) >= 11 is 0. The largest absolute Gasteiger partial charge is 0.489 e. The maximum absolute atomic E-state index is 12.7. The number of carbonyl (C=O) groups is 2. The maximum atomic E-state index is 12.7. The lowest BCUT2D eigenvalue weighted by atomic mass is 9.87. The summed E-state index contributed by atoms with van der Waals surface area (Å²) in [4.78, 5) is 27.3. The highest BCUT2D eigenvalue weighted by Gasteiger charge is 2.29. The van der Waals surface area contributed by atoms with Gasteiger partial charge in [-0.05, 0) is 61.1 Å². The molecule has 0 spiro atoms. The van der Waals surface area contributed by atoms with Gasteiger partial charge in [0.1, 0.15) is 12.4 Å². The molecule has 2 fully saturated rings. The Labute approximate surface area is 207 Å². The molecule has 1 aliphatic heterocycles. The number of nitriles is 1. The fourth-order valence-corrected chi connectivity index (χ4v) is 4.90. The summed E-state index contributed by atoms with van der Waals surface area (Å²) in [6.45, 7) is 1.80. The summed E-state index contributed by atoms with van der Waals surface area (Å²) in [6.07, 6.45) is 7.58. The average Bonchev–Trinajstić information content (AvgIpc) is 2.89. The van der Waals surface area contributed by atoms with Gasteiger partial charge in [0.2, 0.25) is 5.91 Å². The van der Waals surface area contributed by atoms with Crippen LogP contribution in [0.5, 0.6) is 5.75 Å². The number of hydrogen-bond donors (Lipinski definition) is 2. The molecule has 0 aromatic heterocycles. The van der Waals surface area contributed by atoms with Crippen LogP contribution < -0.4 is 15.4 Å². The van der Waals surface area contributed by atoms with Crippen LogP contribution in [0.2, 0.25) is 0 Å². The smallest absolute Gasteiger partial charge is 0.319 e. The van der Waals surface area contributed by atoms with E-state index in [0.717, 1.165) is 42.6 Å². The molecule has 7 heteroatoms. The van der Waals surface area contributed by atoms with E-state index in [1.165, 1.54) is 19.3 Å². The fraction of sp³-hybridized carbons (Fsp3) is 0.464. The van der Waals surface area contributed by atoms with Crippen LogP contribution >= 0.6 is 0 Å². The summed E-state index contributed by atoms with van der Waals surface area (Å²) in [5, 5.41) is 14.7. The first-order valence-electron chi connectivity index (χ1n) is 12.6. The van der Waals surface area contributed by atoms with Crippen LogP contribution in [0.3, 0.4) is 0 Å². The molecule has 3 amide bonds. The highest BCUT2D eigenvalue weighted by Crippen LogP contribution is 2.26. The van der Waals surface area contributed by atoms with Crippen molar-refractivity contribution in [1.29, 1.82) is 5.26 Å². The number of benzene rings is 2. The molecular formula is C28H34N4O3. The predicted octanol–water partition coefficient (Wildman–Crippen LogP) is 5.02. The molecule has 0 bridgehead atoms. The molecule has 2 aromatic rings. The first-order chi connectivity index (χ1) is 17.1. The topological polar surface area (TPSA) is 94.5 Å². The molecule has 1 saturated heterocycles. The van der Waals surface area contributed by atoms with Gasteiger partial charge in [-0.15, -0.1) is 0 Å². The first-order valence-corrected chi connectivity index (χ1v) is 12.6. The fourth-order valence-electron chi connectivity index (χ4n) is 4.90. The van der Waals surface area contributed by atoms with Gasteiger partial charge in [-0.2, -0.15) is 5.26 Å². The Morgan fingerprint density at radius 1 is 0.971 bits per heavy atom. The van der Waals surface area contributed by atoms with Gasteiger partial charge in [0.15, 0.2) is 0 Å². The molecule has 0 unspecified atom stereocenters. The standard InChI is InChI=1S/C28H34N4O3/c29-16-13-21-9-11-26(12-10-21)35-20-22-5-4-8-25(19-22)31-28(34)30-24-14-17-32(18-15-24)27(33)23-6-2-1-3-7-23/h4-5,8-12,19,23-24H,1-3,6-7,13-15,17-18,20H2,(H2,30,31,34). The van der Waals surface area contributed by atoms with Crippen molar-refractivity contribution in [3.05, 3.63) is 59.7 Å². The van der Waals surface area contributed by atoms with E-state index in [-0.39, 0.29) is 18.0 Å². The Balaban J connectivity index is 1.20. The van der Waals surface area contributed by atoms with Gasteiger partial charge in [-0.1, -0.05) is 43.5 Å². The number of amides is 3. The van der Waals surface area contributed by atoms with E-state index in [1.54, 1.807) is 0 Å². The highest BCUT2D eigenvalue weighted by molar-refractivity contribution is 5.89. The summed E-state index contributed by atoms with van der Waals surface area (Å²) in [7, 11) is 0. The minimum absolute atomic E-state index is 0.0703. The predicted molar refractivity (Wildman–Crippen MR) is 135 cm³/mol. The van der Waals surface area contributed by atoms with Crippen LogP contribution in [0.25, 0.3) is 0 Å². The summed E-state index contributed by atoms with van der Waals surface area (Å²) in [6, 6.07) is 17.0. The van der Waals surface area contributed by atoms with Gasteiger partial charge in [0, 0.05) is 30.7 Å². The number of anilines is 1. The van der Waals surface area contributed by atoms with Crippen molar-refractivity contribution in [2.75, 3.05) is 18.4 Å². The second-order valence-corrected chi connectivity index (χ2v) is 9.50. The van der Waals surface area contributed by atoms with Gasteiger partial charge in [0.05, 0.1) is 12.5 Å². The van der Waals surface area contributed by atoms with Gasteiger partial charge >= 0.3 is 6.03 Å². The average molecular weight is 475 g/mol. The number of carbonyl (C=O) groups excluding carboxylic acids is 2. The van der Waals surface area contributed by atoms with Gasteiger partial charge < -0.3 is 20.3 Å². The van der Waals surface area contributed by atoms with Crippen molar-refractivity contribution < 1.29 is 14.3 Å². The molecule has 2 aromatic carbocycles. The van der Waals surface area contributed by atoms with Crippen molar-refractivity contribution in [2.45, 2.75) is 64.0 Å². The lowest BCUT2D eigenvalue weighted by molar-refractivity contribution is -0.137. The van der Waals surface area contributed by atoms with E-state index in [1.807, 2.05) is 53.4 Å². The SMILES string of the molecule is N#CCc1ccc(OCc2cccc(NC(=O)NC3CCN(C(=O)C4CCCCC4)CC3)c2)cc1.